The van der Waals surface area contributed by atoms with Crippen LogP contribution in [0.5, 0.6) is 11.5 Å². The van der Waals surface area contributed by atoms with Crippen molar-refractivity contribution < 1.29 is 23.9 Å². The molecule has 40 heavy (non-hydrogen) atoms. The summed E-state index contributed by atoms with van der Waals surface area (Å²) in [4.78, 5) is 39.4. The summed E-state index contributed by atoms with van der Waals surface area (Å²) in [6.07, 6.45) is 1.44. The molecule has 1 aliphatic rings. The Balaban J connectivity index is 1.30. The molecule has 200 valence electrons. The van der Waals surface area contributed by atoms with Crippen LogP contribution in [0.3, 0.4) is 0 Å². The molecule has 4 aromatic rings. The van der Waals surface area contributed by atoms with Gasteiger partial charge in [0.25, 0.3) is 11.8 Å². The number of nitrogens with zero attached hydrogens (tertiary/aromatic N) is 1. The molecule has 4 aromatic carbocycles. The second-order valence-corrected chi connectivity index (χ2v) is 10.5. The summed E-state index contributed by atoms with van der Waals surface area (Å²) in [6, 6.07) is 28.4. The van der Waals surface area contributed by atoms with Crippen LogP contribution in [-0.2, 0) is 22.8 Å². The zero-order chi connectivity index (χ0) is 28.1. The Morgan fingerprint density at radius 1 is 0.750 bits per heavy atom. The van der Waals surface area contributed by atoms with Gasteiger partial charge in [-0.2, -0.15) is 0 Å². The molecule has 0 saturated carbocycles. The van der Waals surface area contributed by atoms with Gasteiger partial charge in [0, 0.05) is 10.0 Å². The standard InChI is InChI=1S/C31H22Br2N2O5/c32-26-9-5-4-8-22(26)19-40-28-15-10-21(17-27(28)33)16-25-29(36)34-31(38)35(30(25)37)23-11-13-24(14-12-23)39-18-20-6-2-1-3-7-20/h1-17H,18-19H2,(H,34,36,38)/b25-16+. The quantitative estimate of drug-likeness (QED) is 0.162. The Hall–Kier alpha value is -4.21. The van der Waals surface area contributed by atoms with E-state index < -0.39 is 17.8 Å². The number of imide groups is 2. The number of carbonyl (C=O) groups is 3. The highest BCUT2D eigenvalue weighted by molar-refractivity contribution is 9.10. The van der Waals surface area contributed by atoms with E-state index in [1.54, 1.807) is 42.5 Å². The van der Waals surface area contributed by atoms with Crippen molar-refractivity contribution in [3.63, 3.8) is 0 Å². The number of hydrogen-bond donors (Lipinski definition) is 1. The molecule has 0 atom stereocenters. The molecular formula is C31H22Br2N2O5. The lowest BCUT2D eigenvalue weighted by molar-refractivity contribution is -0.122. The Morgan fingerprint density at radius 2 is 1.48 bits per heavy atom. The third-order valence-corrected chi connectivity index (χ3v) is 7.45. The lowest BCUT2D eigenvalue weighted by Crippen LogP contribution is -2.54. The summed E-state index contributed by atoms with van der Waals surface area (Å²) in [6.45, 7) is 0.738. The van der Waals surface area contributed by atoms with Gasteiger partial charge in [0.2, 0.25) is 0 Å². The summed E-state index contributed by atoms with van der Waals surface area (Å²) < 4.78 is 13.3. The lowest BCUT2D eigenvalue weighted by Gasteiger charge is -2.26. The van der Waals surface area contributed by atoms with Crippen molar-refractivity contribution in [2.24, 2.45) is 0 Å². The summed E-state index contributed by atoms with van der Waals surface area (Å²) in [7, 11) is 0. The van der Waals surface area contributed by atoms with Gasteiger partial charge in [-0.1, -0.05) is 70.5 Å². The molecule has 9 heteroatoms. The second-order valence-electron chi connectivity index (χ2n) is 8.80. The van der Waals surface area contributed by atoms with E-state index in [2.05, 4.69) is 37.2 Å². The molecule has 0 aromatic heterocycles. The SMILES string of the molecule is O=C1NC(=O)N(c2ccc(OCc3ccccc3)cc2)C(=O)/C1=C/c1ccc(OCc2ccccc2Br)c(Br)c1. The zero-order valence-electron chi connectivity index (χ0n) is 21.0. The van der Waals surface area contributed by atoms with Crippen molar-refractivity contribution >= 4 is 61.5 Å². The van der Waals surface area contributed by atoms with Gasteiger partial charge in [-0.3, -0.25) is 14.9 Å². The van der Waals surface area contributed by atoms with Gasteiger partial charge in [-0.05, 0) is 75.6 Å². The highest BCUT2D eigenvalue weighted by Gasteiger charge is 2.36. The normalized spacial score (nSPS) is 14.3. The number of urea groups is 1. The number of carbonyl (C=O) groups excluding carboxylic acids is 3. The summed E-state index contributed by atoms with van der Waals surface area (Å²) in [5.74, 6) is -0.309. The second kappa shape index (κ2) is 12.3. The average Bonchev–Trinajstić information content (AvgIpc) is 2.95. The van der Waals surface area contributed by atoms with Gasteiger partial charge in [0.1, 0.15) is 30.3 Å². The van der Waals surface area contributed by atoms with E-state index in [1.807, 2.05) is 54.6 Å². The van der Waals surface area contributed by atoms with Gasteiger partial charge in [-0.15, -0.1) is 0 Å². The minimum Gasteiger partial charge on any atom is -0.489 e. The molecule has 0 radical (unpaired) electrons. The van der Waals surface area contributed by atoms with Crippen molar-refractivity contribution in [1.82, 2.24) is 5.32 Å². The van der Waals surface area contributed by atoms with Crippen LogP contribution < -0.4 is 19.7 Å². The first-order valence-electron chi connectivity index (χ1n) is 12.2. The van der Waals surface area contributed by atoms with Crippen molar-refractivity contribution in [1.29, 1.82) is 0 Å². The highest BCUT2D eigenvalue weighted by Crippen LogP contribution is 2.30. The van der Waals surface area contributed by atoms with Crippen molar-refractivity contribution in [3.05, 3.63) is 128 Å². The number of amides is 4. The molecule has 0 bridgehead atoms. The van der Waals surface area contributed by atoms with Crippen LogP contribution in [0.2, 0.25) is 0 Å². The number of barbiturate groups is 1. The fourth-order valence-corrected chi connectivity index (χ4v) is 4.90. The first-order chi connectivity index (χ1) is 19.4. The monoisotopic (exact) mass is 660 g/mol. The maximum atomic E-state index is 13.3. The van der Waals surface area contributed by atoms with E-state index in [1.165, 1.54) is 6.08 Å². The Bertz CT molecular complexity index is 1600. The topological polar surface area (TPSA) is 84.9 Å². The van der Waals surface area contributed by atoms with Crippen LogP contribution in [0, 0.1) is 0 Å². The summed E-state index contributed by atoms with van der Waals surface area (Å²) >= 11 is 7.01. The van der Waals surface area contributed by atoms with E-state index in [0.717, 1.165) is 20.5 Å². The third kappa shape index (κ3) is 6.32. The molecule has 1 fully saturated rings. The van der Waals surface area contributed by atoms with Gasteiger partial charge >= 0.3 is 6.03 Å². The fourth-order valence-electron chi connectivity index (χ4n) is 3.99. The van der Waals surface area contributed by atoms with Crippen LogP contribution in [0.25, 0.3) is 6.08 Å². The van der Waals surface area contributed by atoms with E-state index in [-0.39, 0.29) is 5.57 Å². The van der Waals surface area contributed by atoms with Crippen molar-refractivity contribution in [2.75, 3.05) is 4.90 Å². The summed E-state index contributed by atoms with van der Waals surface area (Å²) in [5.41, 5.74) is 2.73. The molecule has 0 aliphatic carbocycles. The Morgan fingerprint density at radius 3 is 2.20 bits per heavy atom. The van der Waals surface area contributed by atoms with Crippen molar-refractivity contribution in [3.8, 4) is 11.5 Å². The Kier molecular flexibility index (Phi) is 8.42. The zero-order valence-corrected chi connectivity index (χ0v) is 24.1. The molecule has 1 saturated heterocycles. The van der Waals surface area contributed by atoms with E-state index in [4.69, 9.17) is 9.47 Å². The maximum absolute atomic E-state index is 13.3. The first kappa shape index (κ1) is 27.4. The number of hydrogen-bond acceptors (Lipinski definition) is 5. The van der Waals surface area contributed by atoms with Gasteiger partial charge in [0.15, 0.2) is 0 Å². The molecule has 0 unspecified atom stereocenters. The average molecular weight is 662 g/mol. The number of anilines is 1. The molecule has 1 aliphatic heterocycles. The maximum Gasteiger partial charge on any atom is 0.335 e. The molecule has 1 heterocycles. The number of benzene rings is 4. The molecule has 1 N–H and O–H groups in total. The fraction of sp³-hybridized carbons (Fsp3) is 0.0645. The van der Waals surface area contributed by atoms with Crippen LogP contribution in [0.4, 0.5) is 10.5 Å². The molecule has 0 spiro atoms. The number of halogens is 2. The third-order valence-electron chi connectivity index (χ3n) is 6.05. The Labute approximate surface area is 247 Å². The van der Waals surface area contributed by atoms with Crippen LogP contribution in [-0.4, -0.2) is 17.8 Å². The molecule has 4 amide bonds. The predicted molar refractivity (Wildman–Crippen MR) is 159 cm³/mol. The highest BCUT2D eigenvalue weighted by atomic mass is 79.9. The van der Waals surface area contributed by atoms with Gasteiger partial charge in [0.05, 0.1) is 10.2 Å². The molecule has 5 rings (SSSR count). The van der Waals surface area contributed by atoms with E-state index in [9.17, 15) is 14.4 Å². The number of rotatable bonds is 8. The largest absolute Gasteiger partial charge is 0.489 e. The van der Waals surface area contributed by atoms with Gasteiger partial charge < -0.3 is 9.47 Å². The minimum absolute atomic E-state index is 0.169. The van der Waals surface area contributed by atoms with Gasteiger partial charge in [-0.25, -0.2) is 9.69 Å². The van der Waals surface area contributed by atoms with Crippen LogP contribution in [0.1, 0.15) is 16.7 Å². The van der Waals surface area contributed by atoms with E-state index in [0.29, 0.717) is 40.4 Å². The van der Waals surface area contributed by atoms with Crippen LogP contribution >= 0.6 is 31.9 Å². The first-order valence-corrected chi connectivity index (χ1v) is 13.8. The lowest BCUT2D eigenvalue weighted by atomic mass is 10.1. The number of ether oxygens (including phenoxy) is 2. The van der Waals surface area contributed by atoms with Crippen molar-refractivity contribution in [2.45, 2.75) is 13.2 Å². The smallest absolute Gasteiger partial charge is 0.335 e. The molecular weight excluding hydrogens is 640 g/mol. The molecule has 7 nitrogen and oxygen atoms in total. The predicted octanol–water partition coefficient (Wildman–Crippen LogP) is 7.04. The summed E-state index contributed by atoms with van der Waals surface area (Å²) in [5, 5.41) is 2.25. The van der Waals surface area contributed by atoms with Crippen LogP contribution in [0.15, 0.2) is 112 Å². The van der Waals surface area contributed by atoms with E-state index >= 15 is 0 Å². The number of nitrogens with one attached hydrogen (secondary N) is 1. The minimum atomic E-state index is -0.817.